The number of nitrogens with zero attached hydrogens (tertiary/aromatic N) is 3. The highest BCUT2D eigenvalue weighted by molar-refractivity contribution is 7.20. The van der Waals surface area contributed by atoms with Crippen molar-refractivity contribution < 1.29 is 23.8 Å². The number of hydrogen-bond donors (Lipinski definition) is 4. The lowest BCUT2D eigenvalue weighted by molar-refractivity contribution is 0.0778. The molecule has 3 heterocycles. The Balaban J connectivity index is 1.69. The third-order valence-electron chi connectivity index (χ3n) is 5.24. The third-order valence-corrected chi connectivity index (χ3v) is 6.31. The van der Waals surface area contributed by atoms with E-state index < -0.39 is 23.1 Å². The standard InChI is InChI=1S/C24H23F2N5O3S/c1-24(2,34)14-8-16(25)21(17(26)9-14)19-10-15(22(27)33)23(35-19)30-20-5-3-4-18(29-20)13-11-28-31(12-13)6-7-32/h3-5,8-12,32,34H,6-7H2,1-2H3,(H2,27,33)(H,29,30). The summed E-state index contributed by atoms with van der Waals surface area (Å²) in [6.07, 6.45) is 3.35. The highest BCUT2D eigenvalue weighted by Gasteiger charge is 2.24. The molecule has 4 rings (SSSR count). The predicted octanol–water partition coefficient (Wildman–Crippen LogP) is 4.01. The normalized spacial score (nSPS) is 11.6. The topological polar surface area (TPSA) is 126 Å². The average molecular weight is 500 g/mol. The van der Waals surface area contributed by atoms with E-state index in [0.29, 0.717) is 18.1 Å². The van der Waals surface area contributed by atoms with Gasteiger partial charge in [0.05, 0.1) is 41.8 Å². The van der Waals surface area contributed by atoms with Gasteiger partial charge in [-0.1, -0.05) is 6.07 Å². The maximum Gasteiger partial charge on any atom is 0.251 e. The number of thiophene rings is 1. The van der Waals surface area contributed by atoms with Crippen molar-refractivity contribution in [2.75, 3.05) is 11.9 Å². The van der Waals surface area contributed by atoms with Crippen molar-refractivity contribution in [3.05, 3.63) is 71.6 Å². The minimum atomic E-state index is -1.42. The molecule has 0 saturated carbocycles. The monoisotopic (exact) mass is 499 g/mol. The van der Waals surface area contributed by atoms with Crippen molar-refractivity contribution in [2.45, 2.75) is 26.0 Å². The molecule has 0 aliphatic rings. The van der Waals surface area contributed by atoms with Gasteiger partial charge in [-0.25, -0.2) is 13.8 Å². The molecule has 4 aromatic rings. The fourth-order valence-electron chi connectivity index (χ4n) is 3.45. The van der Waals surface area contributed by atoms with Crippen LogP contribution in [0.15, 0.2) is 48.8 Å². The van der Waals surface area contributed by atoms with E-state index in [1.54, 1.807) is 35.3 Å². The molecule has 0 aliphatic carbocycles. The number of aliphatic hydroxyl groups is 2. The number of nitrogens with one attached hydrogen (secondary N) is 1. The van der Waals surface area contributed by atoms with Gasteiger partial charge in [0, 0.05) is 16.6 Å². The first kappa shape index (κ1) is 24.5. The molecule has 5 N–H and O–H groups in total. The van der Waals surface area contributed by atoms with Crippen LogP contribution in [0, 0.1) is 11.6 Å². The second-order valence-corrected chi connectivity index (χ2v) is 9.39. The van der Waals surface area contributed by atoms with Crippen LogP contribution in [0.3, 0.4) is 0 Å². The molecule has 1 aromatic carbocycles. The molecule has 0 fully saturated rings. The average Bonchev–Trinajstić information content (AvgIpc) is 3.41. The van der Waals surface area contributed by atoms with Crippen LogP contribution in [0.4, 0.5) is 19.6 Å². The number of halogens is 2. The number of pyridine rings is 1. The zero-order valence-corrected chi connectivity index (χ0v) is 19.7. The van der Waals surface area contributed by atoms with E-state index >= 15 is 0 Å². The van der Waals surface area contributed by atoms with Gasteiger partial charge in [-0.05, 0) is 49.7 Å². The van der Waals surface area contributed by atoms with Crippen LogP contribution in [0.25, 0.3) is 21.7 Å². The van der Waals surface area contributed by atoms with Crippen LogP contribution in [0.5, 0.6) is 0 Å². The second kappa shape index (κ2) is 9.53. The number of hydrogen-bond acceptors (Lipinski definition) is 7. The molecule has 0 unspecified atom stereocenters. The van der Waals surface area contributed by atoms with E-state index in [0.717, 1.165) is 29.0 Å². The summed E-state index contributed by atoms with van der Waals surface area (Å²) in [6.45, 7) is 3.16. The van der Waals surface area contributed by atoms with Crippen LogP contribution < -0.4 is 11.1 Å². The van der Waals surface area contributed by atoms with Gasteiger partial charge in [0.15, 0.2) is 0 Å². The van der Waals surface area contributed by atoms with Gasteiger partial charge in [0.25, 0.3) is 5.91 Å². The number of aliphatic hydroxyl groups excluding tert-OH is 1. The van der Waals surface area contributed by atoms with Crippen molar-refractivity contribution in [3.8, 4) is 21.7 Å². The van der Waals surface area contributed by atoms with Crippen LogP contribution in [-0.2, 0) is 12.1 Å². The van der Waals surface area contributed by atoms with E-state index in [-0.39, 0.29) is 33.2 Å². The summed E-state index contributed by atoms with van der Waals surface area (Å²) >= 11 is 0.951. The molecule has 182 valence electrons. The first-order chi connectivity index (χ1) is 16.6. The lowest BCUT2D eigenvalue weighted by Gasteiger charge is -2.18. The largest absolute Gasteiger partial charge is 0.394 e. The fourth-order valence-corrected chi connectivity index (χ4v) is 4.57. The molecule has 11 heteroatoms. The summed E-state index contributed by atoms with van der Waals surface area (Å²) in [5, 5.41) is 26.6. The lowest BCUT2D eigenvalue weighted by atomic mass is 9.96. The number of aromatic nitrogens is 3. The molecule has 35 heavy (non-hydrogen) atoms. The zero-order chi connectivity index (χ0) is 25.3. The van der Waals surface area contributed by atoms with Gasteiger partial charge in [-0.2, -0.15) is 5.10 Å². The van der Waals surface area contributed by atoms with Gasteiger partial charge in [0.1, 0.15) is 22.5 Å². The summed E-state index contributed by atoms with van der Waals surface area (Å²) in [6, 6.07) is 8.65. The van der Waals surface area contributed by atoms with Gasteiger partial charge < -0.3 is 21.3 Å². The van der Waals surface area contributed by atoms with E-state index in [4.69, 9.17) is 10.8 Å². The van der Waals surface area contributed by atoms with E-state index in [2.05, 4.69) is 15.4 Å². The first-order valence-electron chi connectivity index (χ1n) is 10.6. The maximum absolute atomic E-state index is 14.9. The number of anilines is 2. The van der Waals surface area contributed by atoms with Crippen molar-refractivity contribution >= 4 is 28.1 Å². The second-order valence-electron chi connectivity index (χ2n) is 8.34. The Morgan fingerprint density at radius 2 is 1.94 bits per heavy atom. The molecule has 0 saturated heterocycles. The summed E-state index contributed by atoms with van der Waals surface area (Å²) in [5.74, 6) is -2.13. The Labute approximate surface area is 203 Å². The van der Waals surface area contributed by atoms with Crippen LogP contribution in [0.1, 0.15) is 29.8 Å². The summed E-state index contributed by atoms with van der Waals surface area (Å²) in [4.78, 5) is 16.8. The van der Waals surface area contributed by atoms with E-state index in [1.807, 2.05) is 0 Å². The number of primary amides is 1. The molecule has 0 bridgehead atoms. The number of benzene rings is 1. The molecule has 8 nitrogen and oxygen atoms in total. The predicted molar refractivity (Wildman–Crippen MR) is 129 cm³/mol. The van der Waals surface area contributed by atoms with Crippen molar-refractivity contribution in [1.82, 2.24) is 14.8 Å². The molecular formula is C24H23F2N5O3S. The van der Waals surface area contributed by atoms with Crippen LogP contribution in [0.2, 0.25) is 0 Å². The molecule has 0 atom stereocenters. The minimum absolute atomic E-state index is 0.0472. The Kier molecular flexibility index (Phi) is 6.66. The van der Waals surface area contributed by atoms with Crippen molar-refractivity contribution in [1.29, 1.82) is 0 Å². The Hall–Kier alpha value is -3.67. The summed E-state index contributed by atoms with van der Waals surface area (Å²) < 4.78 is 31.3. The quantitative estimate of drug-likeness (QED) is 0.290. The highest BCUT2D eigenvalue weighted by atomic mass is 32.1. The summed E-state index contributed by atoms with van der Waals surface area (Å²) in [5.41, 5.74) is 5.23. The third kappa shape index (κ3) is 5.21. The van der Waals surface area contributed by atoms with Gasteiger partial charge in [0.2, 0.25) is 0 Å². The van der Waals surface area contributed by atoms with E-state index in [1.165, 1.54) is 19.9 Å². The fraction of sp³-hybridized carbons (Fsp3) is 0.208. The summed E-state index contributed by atoms with van der Waals surface area (Å²) in [7, 11) is 0. The van der Waals surface area contributed by atoms with Crippen LogP contribution in [-0.4, -0.2) is 37.5 Å². The van der Waals surface area contributed by atoms with Crippen LogP contribution >= 0.6 is 11.3 Å². The maximum atomic E-state index is 14.9. The highest BCUT2D eigenvalue weighted by Crippen LogP contribution is 2.40. The van der Waals surface area contributed by atoms with Crippen molar-refractivity contribution in [3.63, 3.8) is 0 Å². The van der Waals surface area contributed by atoms with Gasteiger partial charge in [-0.3, -0.25) is 9.48 Å². The Bertz CT molecular complexity index is 1370. The molecule has 0 radical (unpaired) electrons. The molecule has 1 amide bonds. The molecule has 3 aromatic heterocycles. The molecular weight excluding hydrogens is 476 g/mol. The SMILES string of the molecule is CC(C)(O)c1cc(F)c(-c2cc(C(N)=O)c(Nc3cccc(-c4cnn(CCO)c4)n3)s2)c(F)c1. The number of carbonyl (C=O) groups excluding carboxylic acids is 1. The first-order valence-corrected chi connectivity index (χ1v) is 11.4. The van der Waals surface area contributed by atoms with E-state index in [9.17, 15) is 18.7 Å². The number of nitrogens with two attached hydrogens (primary N) is 1. The van der Waals surface area contributed by atoms with Crippen molar-refractivity contribution in [2.24, 2.45) is 5.73 Å². The minimum Gasteiger partial charge on any atom is -0.394 e. The van der Waals surface area contributed by atoms with Gasteiger partial charge in [-0.15, -0.1) is 11.3 Å². The Morgan fingerprint density at radius 3 is 2.57 bits per heavy atom. The molecule has 0 aliphatic heterocycles. The smallest absolute Gasteiger partial charge is 0.251 e. The lowest BCUT2D eigenvalue weighted by Crippen LogP contribution is -2.16. The number of amides is 1. The Morgan fingerprint density at radius 1 is 1.23 bits per heavy atom. The number of rotatable bonds is 8. The number of carbonyl (C=O) groups is 1. The zero-order valence-electron chi connectivity index (χ0n) is 18.9. The van der Waals surface area contributed by atoms with Gasteiger partial charge >= 0.3 is 0 Å². The molecule has 0 spiro atoms.